The summed E-state index contributed by atoms with van der Waals surface area (Å²) in [7, 11) is 5.52. The van der Waals surface area contributed by atoms with E-state index in [4.69, 9.17) is 14.2 Å². The minimum absolute atomic E-state index is 0.0504. The third-order valence-corrected chi connectivity index (χ3v) is 8.91. The Hall–Kier alpha value is -1.93. The van der Waals surface area contributed by atoms with Crippen LogP contribution in [-0.2, 0) is 28.6 Å². The number of nitrogens with zero attached hydrogens (tertiary/aromatic N) is 1. The van der Waals surface area contributed by atoms with Gasteiger partial charge in [-0.3, -0.25) is 9.59 Å². The summed E-state index contributed by atoms with van der Waals surface area (Å²) in [4.78, 5) is 36.8. The SMILES string of the molecule is CCCC/C=C/CCCCCCCC(=O)OCC(COCCC(C(=O)O)[N+](C)(C)C)OC(=O)CCCCCCCCCCCCCCC. The van der Waals surface area contributed by atoms with E-state index >= 15 is 0 Å². The van der Waals surface area contributed by atoms with E-state index in [2.05, 4.69) is 26.0 Å². The fourth-order valence-corrected chi connectivity index (χ4v) is 5.78. The zero-order valence-electron chi connectivity index (χ0n) is 32.0. The van der Waals surface area contributed by atoms with Crippen molar-refractivity contribution in [3.63, 3.8) is 0 Å². The molecule has 0 saturated carbocycles. The number of rotatable bonds is 35. The average molecular weight is 683 g/mol. The maximum absolute atomic E-state index is 12.6. The van der Waals surface area contributed by atoms with Gasteiger partial charge in [0.2, 0.25) is 0 Å². The molecule has 0 fully saturated rings. The zero-order valence-corrected chi connectivity index (χ0v) is 32.0. The molecule has 0 amide bonds. The largest absolute Gasteiger partial charge is 0.477 e. The molecule has 0 rings (SSSR count). The Labute approximate surface area is 295 Å². The normalized spacial score (nSPS) is 13.1. The molecule has 0 aliphatic carbocycles. The molecule has 2 unspecified atom stereocenters. The van der Waals surface area contributed by atoms with E-state index in [1.807, 2.05) is 21.1 Å². The van der Waals surface area contributed by atoms with Crippen molar-refractivity contribution < 1.29 is 38.2 Å². The van der Waals surface area contributed by atoms with Crippen molar-refractivity contribution in [1.29, 1.82) is 0 Å². The van der Waals surface area contributed by atoms with Crippen LogP contribution in [0.25, 0.3) is 0 Å². The molecule has 0 aliphatic heterocycles. The lowest BCUT2D eigenvalue weighted by atomic mass is 10.0. The van der Waals surface area contributed by atoms with Crippen LogP contribution in [0.2, 0.25) is 0 Å². The number of carbonyl (C=O) groups excluding carboxylic acids is 2. The summed E-state index contributed by atoms with van der Waals surface area (Å²) in [5, 5.41) is 9.58. The van der Waals surface area contributed by atoms with Crippen LogP contribution in [0, 0.1) is 0 Å². The number of likely N-dealkylation sites (N-methyl/N-ethyl adjacent to an activating group) is 1. The summed E-state index contributed by atoms with van der Waals surface area (Å²) < 4.78 is 17.2. The predicted molar refractivity (Wildman–Crippen MR) is 197 cm³/mol. The van der Waals surface area contributed by atoms with E-state index in [0.29, 0.717) is 19.3 Å². The van der Waals surface area contributed by atoms with Crippen molar-refractivity contribution in [3.05, 3.63) is 12.2 Å². The number of ether oxygens (including phenoxy) is 3. The van der Waals surface area contributed by atoms with Gasteiger partial charge in [0.1, 0.15) is 6.61 Å². The molecule has 8 heteroatoms. The van der Waals surface area contributed by atoms with Gasteiger partial charge >= 0.3 is 17.9 Å². The predicted octanol–water partition coefficient (Wildman–Crippen LogP) is 9.97. The first-order chi connectivity index (χ1) is 23.1. The summed E-state index contributed by atoms with van der Waals surface area (Å²) in [6.45, 7) is 4.69. The van der Waals surface area contributed by atoms with E-state index in [9.17, 15) is 19.5 Å². The first kappa shape index (κ1) is 46.1. The molecule has 0 radical (unpaired) electrons. The third kappa shape index (κ3) is 30.2. The van der Waals surface area contributed by atoms with Gasteiger partial charge in [-0.2, -0.15) is 0 Å². The zero-order chi connectivity index (χ0) is 35.7. The van der Waals surface area contributed by atoms with Gasteiger partial charge < -0.3 is 23.8 Å². The first-order valence-electron chi connectivity index (χ1n) is 19.7. The molecule has 0 aromatic heterocycles. The van der Waals surface area contributed by atoms with E-state index in [1.54, 1.807) is 0 Å². The fraction of sp³-hybridized carbons (Fsp3) is 0.875. The number of carboxylic acids is 1. The van der Waals surface area contributed by atoms with Crippen LogP contribution in [0.4, 0.5) is 0 Å². The van der Waals surface area contributed by atoms with Crippen LogP contribution in [-0.4, -0.2) is 80.6 Å². The molecule has 0 aromatic carbocycles. The molecule has 8 nitrogen and oxygen atoms in total. The molecule has 0 bridgehead atoms. The third-order valence-electron chi connectivity index (χ3n) is 8.91. The van der Waals surface area contributed by atoms with Gasteiger partial charge in [-0.25, -0.2) is 4.79 Å². The number of hydrogen-bond donors (Lipinski definition) is 1. The van der Waals surface area contributed by atoms with Crippen LogP contribution < -0.4 is 0 Å². The van der Waals surface area contributed by atoms with Gasteiger partial charge in [0.15, 0.2) is 12.1 Å². The summed E-state index contributed by atoms with van der Waals surface area (Å²) in [5.41, 5.74) is 0. The number of unbranched alkanes of at least 4 members (excludes halogenated alkanes) is 19. The second kappa shape index (κ2) is 32.3. The highest BCUT2D eigenvalue weighted by atomic mass is 16.6. The molecule has 0 saturated heterocycles. The molecule has 0 spiro atoms. The number of carboxylic acid groups (broad SMARTS) is 1. The Morgan fingerprint density at radius 1 is 0.604 bits per heavy atom. The van der Waals surface area contributed by atoms with Gasteiger partial charge in [-0.05, 0) is 32.1 Å². The van der Waals surface area contributed by atoms with Gasteiger partial charge in [-0.1, -0.05) is 135 Å². The van der Waals surface area contributed by atoms with E-state index in [-0.39, 0.29) is 36.2 Å². The number of allylic oxidation sites excluding steroid dienone is 2. The van der Waals surface area contributed by atoms with Gasteiger partial charge in [0.25, 0.3) is 0 Å². The molecule has 2 atom stereocenters. The Morgan fingerprint density at radius 3 is 1.56 bits per heavy atom. The molecular weight excluding hydrogens is 606 g/mol. The molecular formula is C40H76NO7+. The molecule has 0 aromatic rings. The Bertz CT molecular complexity index is 808. The maximum atomic E-state index is 12.6. The summed E-state index contributed by atoms with van der Waals surface area (Å²) in [6, 6.07) is -0.610. The topological polar surface area (TPSA) is 99.1 Å². The summed E-state index contributed by atoms with van der Waals surface area (Å²) in [5.74, 6) is -1.47. The number of aliphatic carboxylic acids is 1. The van der Waals surface area contributed by atoms with Crippen molar-refractivity contribution in [1.82, 2.24) is 0 Å². The van der Waals surface area contributed by atoms with Crippen LogP contribution in [0.3, 0.4) is 0 Å². The standard InChI is InChI=1S/C40H75NO7/c1-6-8-10-12-14-16-18-19-21-23-25-27-29-31-39(43)48-36(34-46-33-32-37(40(44)45)41(3,4)5)35-47-38(42)30-28-26-24-22-20-17-15-13-11-9-7-2/h13,15,36-37H,6-12,14,16-35H2,1-5H3/p+1/b15-13+. The second-order valence-electron chi connectivity index (χ2n) is 14.5. The number of quaternary nitrogens is 1. The Balaban J connectivity index is 4.40. The highest BCUT2D eigenvalue weighted by Crippen LogP contribution is 2.14. The van der Waals surface area contributed by atoms with Crippen molar-refractivity contribution >= 4 is 17.9 Å². The Morgan fingerprint density at radius 2 is 1.06 bits per heavy atom. The minimum Gasteiger partial charge on any atom is -0.477 e. The summed E-state index contributed by atoms with van der Waals surface area (Å²) >= 11 is 0. The molecule has 0 heterocycles. The van der Waals surface area contributed by atoms with Gasteiger partial charge in [0.05, 0.1) is 34.4 Å². The average Bonchev–Trinajstić information content (AvgIpc) is 3.03. The van der Waals surface area contributed by atoms with Crippen molar-refractivity contribution in [2.24, 2.45) is 0 Å². The highest BCUT2D eigenvalue weighted by Gasteiger charge is 2.31. The van der Waals surface area contributed by atoms with Gasteiger partial charge in [0, 0.05) is 19.3 Å². The monoisotopic (exact) mass is 683 g/mol. The van der Waals surface area contributed by atoms with E-state index in [1.165, 1.54) is 96.3 Å². The van der Waals surface area contributed by atoms with E-state index in [0.717, 1.165) is 44.9 Å². The molecule has 0 aliphatic rings. The van der Waals surface area contributed by atoms with Crippen LogP contribution in [0.5, 0.6) is 0 Å². The molecule has 282 valence electrons. The molecule has 48 heavy (non-hydrogen) atoms. The molecule has 1 N–H and O–H groups in total. The quantitative estimate of drug-likeness (QED) is 0.0307. The van der Waals surface area contributed by atoms with Crippen molar-refractivity contribution in [2.45, 2.75) is 187 Å². The van der Waals surface area contributed by atoms with Crippen LogP contribution in [0.15, 0.2) is 12.2 Å². The van der Waals surface area contributed by atoms with Gasteiger partial charge in [-0.15, -0.1) is 0 Å². The van der Waals surface area contributed by atoms with Crippen molar-refractivity contribution in [3.8, 4) is 0 Å². The maximum Gasteiger partial charge on any atom is 0.362 e. The van der Waals surface area contributed by atoms with E-state index < -0.39 is 18.1 Å². The highest BCUT2D eigenvalue weighted by molar-refractivity contribution is 5.72. The van der Waals surface area contributed by atoms with Crippen molar-refractivity contribution in [2.75, 3.05) is 41.0 Å². The number of esters is 2. The number of carbonyl (C=O) groups is 3. The lowest BCUT2D eigenvalue weighted by molar-refractivity contribution is -0.887. The Kier molecular flexibility index (Phi) is 31.0. The second-order valence-corrected chi connectivity index (χ2v) is 14.5. The lowest BCUT2D eigenvalue weighted by Crippen LogP contribution is -2.50. The smallest absolute Gasteiger partial charge is 0.362 e. The minimum atomic E-state index is -0.875. The summed E-state index contributed by atoms with van der Waals surface area (Å²) in [6.07, 6.45) is 31.0. The van der Waals surface area contributed by atoms with Crippen LogP contribution in [0.1, 0.15) is 174 Å². The van der Waals surface area contributed by atoms with Crippen LogP contribution >= 0.6 is 0 Å². The number of hydrogen-bond acceptors (Lipinski definition) is 6. The first-order valence-corrected chi connectivity index (χ1v) is 19.7. The fourth-order valence-electron chi connectivity index (χ4n) is 5.78. The lowest BCUT2D eigenvalue weighted by Gasteiger charge is -2.31.